The van der Waals surface area contributed by atoms with E-state index < -0.39 is 0 Å². The van der Waals surface area contributed by atoms with Gasteiger partial charge in [0.15, 0.2) is 0 Å². The third-order valence-corrected chi connectivity index (χ3v) is 4.85. The van der Waals surface area contributed by atoms with E-state index in [1.54, 1.807) is 12.1 Å². The van der Waals surface area contributed by atoms with Crippen molar-refractivity contribution >= 4 is 21.4 Å². The van der Waals surface area contributed by atoms with Gasteiger partial charge >= 0.3 is 0 Å². The molecule has 0 spiro atoms. The van der Waals surface area contributed by atoms with Crippen LogP contribution in [-0.4, -0.2) is 0 Å². The van der Waals surface area contributed by atoms with E-state index in [-0.39, 0.29) is 0 Å². The van der Waals surface area contributed by atoms with Gasteiger partial charge in [-0.2, -0.15) is 10.5 Å². The molecule has 0 amide bonds. The van der Waals surface area contributed by atoms with Gasteiger partial charge in [-0.1, -0.05) is 12.1 Å². The molecular formula is C20H10N2OS. The summed E-state index contributed by atoms with van der Waals surface area (Å²) in [4.78, 5) is 0.691. The SMILES string of the molecule is N#Cc1ccc(-c2ccc(-c3cccc4sc(C#N)cc34)o2)cc1. The van der Waals surface area contributed by atoms with Gasteiger partial charge in [0.05, 0.1) is 11.6 Å². The lowest BCUT2D eigenvalue weighted by atomic mass is 10.1. The summed E-state index contributed by atoms with van der Waals surface area (Å²) in [5.41, 5.74) is 2.53. The van der Waals surface area contributed by atoms with Gasteiger partial charge in [0.1, 0.15) is 22.5 Å². The molecule has 0 saturated carbocycles. The van der Waals surface area contributed by atoms with Crippen LogP contribution < -0.4 is 0 Å². The lowest BCUT2D eigenvalue weighted by Gasteiger charge is -2.00. The van der Waals surface area contributed by atoms with Crippen LogP contribution in [0.1, 0.15) is 10.4 Å². The van der Waals surface area contributed by atoms with Crippen LogP contribution in [0, 0.1) is 22.7 Å². The summed E-state index contributed by atoms with van der Waals surface area (Å²) < 4.78 is 7.09. The molecule has 24 heavy (non-hydrogen) atoms. The number of thiophene rings is 1. The molecule has 0 aliphatic heterocycles. The standard InChI is InChI=1S/C20H10N2OS/c21-11-13-4-6-14(7-5-13)18-8-9-19(23-18)16-2-1-3-20-17(16)10-15(12-22)24-20/h1-10H. The van der Waals surface area contributed by atoms with Crippen LogP contribution in [0.2, 0.25) is 0 Å². The highest BCUT2D eigenvalue weighted by Gasteiger charge is 2.12. The van der Waals surface area contributed by atoms with E-state index in [1.165, 1.54) is 11.3 Å². The number of hydrogen-bond donors (Lipinski definition) is 0. The number of hydrogen-bond acceptors (Lipinski definition) is 4. The van der Waals surface area contributed by atoms with E-state index in [1.807, 2.05) is 48.5 Å². The van der Waals surface area contributed by atoms with Gasteiger partial charge in [-0.15, -0.1) is 11.3 Å². The summed E-state index contributed by atoms with van der Waals surface area (Å²) in [5, 5.41) is 19.0. The van der Waals surface area contributed by atoms with Crippen LogP contribution in [-0.2, 0) is 0 Å². The summed E-state index contributed by atoms with van der Waals surface area (Å²) >= 11 is 1.48. The largest absolute Gasteiger partial charge is 0.456 e. The average molecular weight is 326 g/mol. The van der Waals surface area contributed by atoms with E-state index in [0.717, 1.165) is 32.7 Å². The molecule has 4 aromatic rings. The summed E-state index contributed by atoms with van der Waals surface area (Å²) in [7, 11) is 0. The minimum absolute atomic E-state index is 0.623. The van der Waals surface area contributed by atoms with E-state index in [2.05, 4.69) is 12.1 Å². The summed E-state index contributed by atoms with van der Waals surface area (Å²) in [6, 6.07) is 23.3. The highest BCUT2D eigenvalue weighted by atomic mass is 32.1. The Balaban J connectivity index is 1.79. The molecule has 0 aliphatic carbocycles. The third-order valence-electron chi connectivity index (χ3n) is 3.84. The van der Waals surface area contributed by atoms with Crippen molar-refractivity contribution in [3.63, 3.8) is 0 Å². The molecule has 0 N–H and O–H groups in total. The van der Waals surface area contributed by atoms with Crippen LogP contribution in [0.15, 0.2) is 65.1 Å². The lowest BCUT2D eigenvalue weighted by Crippen LogP contribution is -1.76. The molecule has 2 aromatic heterocycles. The second-order valence-corrected chi connectivity index (χ2v) is 6.38. The second kappa shape index (κ2) is 5.70. The van der Waals surface area contributed by atoms with Gasteiger partial charge in [0, 0.05) is 21.2 Å². The number of rotatable bonds is 2. The van der Waals surface area contributed by atoms with E-state index >= 15 is 0 Å². The zero-order valence-corrected chi connectivity index (χ0v) is 13.3. The lowest BCUT2D eigenvalue weighted by molar-refractivity contribution is 0.598. The van der Waals surface area contributed by atoms with Crippen LogP contribution in [0.5, 0.6) is 0 Å². The monoisotopic (exact) mass is 326 g/mol. The van der Waals surface area contributed by atoms with Gasteiger partial charge in [0.25, 0.3) is 0 Å². The van der Waals surface area contributed by atoms with Crippen molar-refractivity contribution in [3.8, 4) is 34.8 Å². The maximum absolute atomic E-state index is 9.11. The van der Waals surface area contributed by atoms with E-state index in [4.69, 9.17) is 14.9 Å². The van der Waals surface area contributed by atoms with Gasteiger partial charge in [-0.25, -0.2) is 0 Å². The molecule has 4 heteroatoms. The first-order chi connectivity index (χ1) is 11.8. The molecule has 4 rings (SSSR count). The fourth-order valence-electron chi connectivity index (χ4n) is 2.68. The molecule has 0 fully saturated rings. The maximum atomic E-state index is 9.11. The first-order valence-corrected chi connectivity index (χ1v) is 8.13. The maximum Gasteiger partial charge on any atom is 0.135 e. The zero-order valence-electron chi connectivity index (χ0n) is 12.5. The Kier molecular flexibility index (Phi) is 3.39. The normalized spacial score (nSPS) is 10.4. The molecule has 0 aliphatic rings. The smallest absolute Gasteiger partial charge is 0.135 e. The molecule has 0 bridgehead atoms. The number of nitrogens with zero attached hydrogens (tertiary/aromatic N) is 2. The Hall–Kier alpha value is -3.34. The van der Waals surface area contributed by atoms with E-state index in [0.29, 0.717) is 10.4 Å². The van der Waals surface area contributed by atoms with Crippen molar-refractivity contribution in [1.29, 1.82) is 10.5 Å². The summed E-state index contributed by atoms with van der Waals surface area (Å²) in [6.07, 6.45) is 0. The second-order valence-electron chi connectivity index (χ2n) is 5.29. The molecular weight excluding hydrogens is 316 g/mol. The van der Waals surface area contributed by atoms with Crippen LogP contribution in [0.25, 0.3) is 32.7 Å². The number of fused-ring (bicyclic) bond motifs is 1. The van der Waals surface area contributed by atoms with Crippen LogP contribution in [0.4, 0.5) is 0 Å². The number of benzene rings is 2. The Bertz CT molecular complexity index is 1120. The molecule has 2 heterocycles. The molecule has 2 aromatic carbocycles. The van der Waals surface area contributed by atoms with Crippen molar-refractivity contribution in [3.05, 3.63) is 71.1 Å². The molecule has 112 valence electrons. The van der Waals surface area contributed by atoms with Gasteiger partial charge in [0.2, 0.25) is 0 Å². The fraction of sp³-hybridized carbons (Fsp3) is 0. The quantitative estimate of drug-likeness (QED) is 0.483. The predicted octanol–water partition coefficient (Wildman–Crippen LogP) is 5.57. The Morgan fingerprint density at radius 2 is 1.62 bits per heavy atom. The Morgan fingerprint density at radius 3 is 2.38 bits per heavy atom. The molecule has 0 unspecified atom stereocenters. The first-order valence-electron chi connectivity index (χ1n) is 7.32. The highest BCUT2D eigenvalue weighted by Crippen LogP contribution is 2.36. The predicted molar refractivity (Wildman–Crippen MR) is 94.4 cm³/mol. The van der Waals surface area contributed by atoms with Crippen molar-refractivity contribution in [2.45, 2.75) is 0 Å². The zero-order chi connectivity index (χ0) is 16.5. The Labute approximate surface area is 142 Å². The van der Waals surface area contributed by atoms with Crippen molar-refractivity contribution in [2.24, 2.45) is 0 Å². The fourth-order valence-corrected chi connectivity index (χ4v) is 3.56. The number of furan rings is 1. The third kappa shape index (κ3) is 2.36. The van der Waals surface area contributed by atoms with Crippen molar-refractivity contribution < 1.29 is 4.42 Å². The number of nitriles is 2. The molecule has 3 nitrogen and oxygen atoms in total. The summed E-state index contributed by atoms with van der Waals surface area (Å²) in [6.45, 7) is 0. The highest BCUT2D eigenvalue weighted by molar-refractivity contribution is 7.19. The minimum atomic E-state index is 0.623. The topological polar surface area (TPSA) is 60.7 Å². The average Bonchev–Trinajstić information content (AvgIpc) is 3.28. The van der Waals surface area contributed by atoms with Gasteiger partial charge < -0.3 is 4.42 Å². The van der Waals surface area contributed by atoms with Crippen LogP contribution >= 0.6 is 11.3 Å². The molecule has 0 saturated heterocycles. The Morgan fingerprint density at radius 1 is 0.833 bits per heavy atom. The van der Waals surface area contributed by atoms with Crippen molar-refractivity contribution in [1.82, 2.24) is 0 Å². The van der Waals surface area contributed by atoms with Crippen molar-refractivity contribution in [2.75, 3.05) is 0 Å². The van der Waals surface area contributed by atoms with Gasteiger partial charge in [-0.3, -0.25) is 0 Å². The summed E-state index contributed by atoms with van der Waals surface area (Å²) in [5.74, 6) is 1.52. The molecule has 0 radical (unpaired) electrons. The van der Waals surface area contributed by atoms with Gasteiger partial charge in [-0.05, 0) is 48.5 Å². The molecule has 0 atom stereocenters. The minimum Gasteiger partial charge on any atom is -0.456 e. The first kappa shape index (κ1) is 14.3. The van der Waals surface area contributed by atoms with E-state index in [9.17, 15) is 0 Å². The van der Waals surface area contributed by atoms with Crippen LogP contribution in [0.3, 0.4) is 0 Å².